The van der Waals surface area contributed by atoms with Crippen molar-refractivity contribution in [3.63, 3.8) is 0 Å². The van der Waals surface area contributed by atoms with E-state index in [0.29, 0.717) is 0 Å². The van der Waals surface area contributed by atoms with Crippen LogP contribution in [0.4, 0.5) is 17.1 Å². The Balaban J connectivity index is 1.03. The maximum absolute atomic E-state index is 2.48. The van der Waals surface area contributed by atoms with Gasteiger partial charge in [-0.05, 0) is 136 Å². The number of hydrogen-bond acceptors (Lipinski definition) is 1. The number of nitrogens with zero attached hydrogens (tertiary/aromatic N) is 1. The van der Waals surface area contributed by atoms with Crippen LogP contribution in [0.1, 0.15) is 49.9 Å². The van der Waals surface area contributed by atoms with Crippen molar-refractivity contribution in [3.8, 4) is 77.9 Å². The van der Waals surface area contributed by atoms with Gasteiger partial charge in [0.05, 0.1) is 5.69 Å². The Hall–Kier alpha value is -8.52. The summed E-state index contributed by atoms with van der Waals surface area (Å²) in [5.41, 5.74) is 26.0. The number of hydrogen-bond donors (Lipinski definition) is 0. The highest BCUT2D eigenvalue weighted by molar-refractivity contribution is 6.13. The monoisotopic (exact) mass is 907 g/mol. The van der Waals surface area contributed by atoms with Gasteiger partial charge in [0.25, 0.3) is 0 Å². The van der Waals surface area contributed by atoms with Crippen LogP contribution in [-0.4, -0.2) is 0 Å². The molecule has 0 spiro atoms. The molecule has 0 amide bonds. The van der Waals surface area contributed by atoms with E-state index < -0.39 is 0 Å². The molecular formula is C70H53N. The minimum atomic E-state index is -0.104. The minimum absolute atomic E-state index is 0.101. The molecule has 2 aliphatic rings. The van der Waals surface area contributed by atoms with Gasteiger partial charge in [0.2, 0.25) is 0 Å². The zero-order valence-corrected chi connectivity index (χ0v) is 40.6. The van der Waals surface area contributed by atoms with Gasteiger partial charge in [-0.2, -0.15) is 0 Å². The molecule has 0 aliphatic heterocycles. The molecule has 338 valence electrons. The lowest BCUT2D eigenvalue weighted by atomic mass is 9.81. The van der Waals surface area contributed by atoms with Crippen LogP contribution in [-0.2, 0) is 10.8 Å². The topological polar surface area (TPSA) is 3.24 Å². The summed E-state index contributed by atoms with van der Waals surface area (Å²) in [6.07, 6.45) is 0. The van der Waals surface area contributed by atoms with Crippen LogP contribution in [0.5, 0.6) is 0 Å². The van der Waals surface area contributed by atoms with Crippen molar-refractivity contribution < 1.29 is 0 Å². The summed E-state index contributed by atoms with van der Waals surface area (Å²) in [5.74, 6) is 0. The molecule has 0 aromatic heterocycles. The zero-order chi connectivity index (χ0) is 47.8. The smallest absolute Gasteiger partial charge is 0.0540 e. The first-order chi connectivity index (χ1) is 34.8. The van der Waals surface area contributed by atoms with Gasteiger partial charge in [-0.15, -0.1) is 0 Å². The Morgan fingerprint density at radius 1 is 0.268 bits per heavy atom. The lowest BCUT2D eigenvalue weighted by Crippen LogP contribution is -2.15. The molecule has 11 aromatic rings. The molecule has 13 rings (SSSR count). The Morgan fingerprint density at radius 2 is 0.775 bits per heavy atom. The van der Waals surface area contributed by atoms with Crippen molar-refractivity contribution in [1.82, 2.24) is 0 Å². The van der Waals surface area contributed by atoms with Crippen molar-refractivity contribution in [2.75, 3.05) is 4.90 Å². The van der Waals surface area contributed by atoms with Gasteiger partial charge in [-0.1, -0.05) is 246 Å². The van der Waals surface area contributed by atoms with Crippen LogP contribution in [0.15, 0.2) is 249 Å². The first-order valence-corrected chi connectivity index (χ1v) is 25.0. The Kier molecular flexibility index (Phi) is 9.94. The molecule has 0 fully saturated rings. The number of anilines is 3. The molecule has 0 heterocycles. The van der Waals surface area contributed by atoms with E-state index in [-0.39, 0.29) is 10.8 Å². The zero-order valence-electron chi connectivity index (χ0n) is 40.6. The second-order valence-corrected chi connectivity index (χ2v) is 20.4. The van der Waals surface area contributed by atoms with Gasteiger partial charge in [-0.25, -0.2) is 0 Å². The van der Waals surface area contributed by atoms with E-state index >= 15 is 0 Å². The van der Waals surface area contributed by atoms with Gasteiger partial charge in [0.1, 0.15) is 0 Å². The molecule has 1 heteroatoms. The predicted molar refractivity (Wildman–Crippen MR) is 301 cm³/mol. The Morgan fingerprint density at radius 3 is 1.51 bits per heavy atom. The van der Waals surface area contributed by atoms with Crippen LogP contribution in [0, 0.1) is 0 Å². The standard InChI is InChI=1S/C70H53N/c1-69(2)61-33-16-13-28-55(61)60-45-51(42-44-63(60)69)71(65-36-18-15-29-56(65)54-27-12-11-26-52(54)46-21-7-5-8-22-46)50-40-37-49(38-41-50)66-53(47-23-9-6-10-24-47)43-39-48-25-19-31-57(67(48)66)58-32-20-35-64-68(58)59-30-14-17-34-62(59)70(64,3)4/h5-45H,1-4H3. The molecule has 11 aromatic carbocycles. The van der Waals surface area contributed by atoms with Gasteiger partial charge in [0.15, 0.2) is 0 Å². The van der Waals surface area contributed by atoms with Crippen molar-refractivity contribution in [1.29, 1.82) is 0 Å². The summed E-state index contributed by atoms with van der Waals surface area (Å²) in [7, 11) is 0. The largest absolute Gasteiger partial charge is 0.310 e. The molecule has 0 radical (unpaired) electrons. The summed E-state index contributed by atoms with van der Waals surface area (Å²) in [6, 6.07) is 92.4. The van der Waals surface area contributed by atoms with Crippen LogP contribution in [0.25, 0.3) is 88.7 Å². The number of para-hydroxylation sites is 1. The SMILES string of the molecule is CC1(C)c2ccccc2-c2cc(N(c3ccc(-c4c(-c5ccccc5)ccc5cccc(-c6cccc7c6-c6ccccc6C7(C)C)c45)cc3)c3ccccc3-c3ccccc3-c3ccccc3)ccc21. The van der Waals surface area contributed by atoms with E-state index in [1.165, 1.54) is 111 Å². The van der Waals surface area contributed by atoms with Crippen LogP contribution in [0.2, 0.25) is 0 Å². The number of benzene rings is 11. The van der Waals surface area contributed by atoms with Gasteiger partial charge < -0.3 is 4.90 Å². The van der Waals surface area contributed by atoms with E-state index in [1.54, 1.807) is 0 Å². The summed E-state index contributed by atoms with van der Waals surface area (Å²) >= 11 is 0. The molecule has 0 saturated carbocycles. The highest BCUT2D eigenvalue weighted by atomic mass is 15.1. The fraction of sp³-hybridized carbons (Fsp3) is 0.0857. The normalized spacial score (nSPS) is 13.6. The molecule has 0 bridgehead atoms. The Labute approximate surface area is 418 Å². The van der Waals surface area contributed by atoms with Gasteiger partial charge in [-0.3, -0.25) is 0 Å². The average molecular weight is 908 g/mol. The minimum Gasteiger partial charge on any atom is -0.310 e. The molecule has 1 nitrogen and oxygen atoms in total. The first-order valence-electron chi connectivity index (χ1n) is 25.0. The van der Waals surface area contributed by atoms with E-state index in [4.69, 9.17) is 0 Å². The van der Waals surface area contributed by atoms with Crippen molar-refractivity contribution in [2.24, 2.45) is 0 Å². The highest BCUT2D eigenvalue weighted by Gasteiger charge is 2.38. The third kappa shape index (κ3) is 6.75. The maximum Gasteiger partial charge on any atom is 0.0540 e. The van der Waals surface area contributed by atoms with Crippen LogP contribution in [0.3, 0.4) is 0 Å². The summed E-state index contributed by atoms with van der Waals surface area (Å²) in [4.78, 5) is 2.48. The fourth-order valence-electron chi connectivity index (χ4n) is 12.3. The van der Waals surface area contributed by atoms with Crippen molar-refractivity contribution in [3.05, 3.63) is 271 Å². The molecule has 0 saturated heterocycles. The van der Waals surface area contributed by atoms with Crippen LogP contribution >= 0.6 is 0 Å². The predicted octanol–water partition coefficient (Wildman–Crippen LogP) is 19.3. The maximum atomic E-state index is 2.48. The summed E-state index contributed by atoms with van der Waals surface area (Å²) in [6.45, 7) is 9.46. The molecule has 2 aliphatic carbocycles. The first kappa shape index (κ1) is 42.6. The summed E-state index contributed by atoms with van der Waals surface area (Å²) in [5, 5.41) is 2.48. The molecule has 0 atom stereocenters. The summed E-state index contributed by atoms with van der Waals surface area (Å²) < 4.78 is 0. The van der Waals surface area contributed by atoms with Crippen LogP contribution < -0.4 is 4.90 Å². The quantitative estimate of drug-likeness (QED) is 0.147. The molecule has 71 heavy (non-hydrogen) atoms. The Bertz CT molecular complexity index is 3860. The number of fused-ring (bicyclic) bond motifs is 7. The third-order valence-electron chi connectivity index (χ3n) is 15.7. The van der Waals surface area contributed by atoms with E-state index in [2.05, 4.69) is 281 Å². The molecule has 0 unspecified atom stereocenters. The van der Waals surface area contributed by atoms with Gasteiger partial charge >= 0.3 is 0 Å². The average Bonchev–Trinajstić information content (AvgIpc) is 3.80. The van der Waals surface area contributed by atoms with E-state index in [1.807, 2.05) is 0 Å². The van der Waals surface area contributed by atoms with Crippen molar-refractivity contribution >= 4 is 27.8 Å². The lowest BCUT2D eigenvalue weighted by Gasteiger charge is -2.30. The highest BCUT2D eigenvalue weighted by Crippen LogP contribution is 2.55. The molecule has 0 N–H and O–H groups in total. The number of rotatable bonds is 8. The van der Waals surface area contributed by atoms with E-state index in [9.17, 15) is 0 Å². The lowest BCUT2D eigenvalue weighted by molar-refractivity contribution is 0.660. The van der Waals surface area contributed by atoms with Gasteiger partial charge in [0, 0.05) is 27.8 Å². The van der Waals surface area contributed by atoms with E-state index in [0.717, 1.165) is 17.1 Å². The third-order valence-corrected chi connectivity index (χ3v) is 15.7. The second-order valence-electron chi connectivity index (χ2n) is 20.4. The van der Waals surface area contributed by atoms with Crippen molar-refractivity contribution in [2.45, 2.75) is 38.5 Å². The second kappa shape index (κ2) is 16.6. The molecular weight excluding hydrogens is 855 g/mol. The fourth-order valence-corrected chi connectivity index (χ4v) is 12.3.